The van der Waals surface area contributed by atoms with Gasteiger partial charge in [-0.25, -0.2) is 0 Å². The van der Waals surface area contributed by atoms with Crippen LogP contribution in [0.1, 0.15) is 36.0 Å². The summed E-state index contributed by atoms with van der Waals surface area (Å²) in [6.07, 6.45) is 3.63. The van der Waals surface area contributed by atoms with Crippen LogP contribution in [0.25, 0.3) is 10.1 Å². The summed E-state index contributed by atoms with van der Waals surface area (Å²) in [4.78, 5) is 12.1. The van der Waals surface area contributed by atoms with Gasteiger partial charge in [-0.05, 0) is 42.3 Å². The van der Waals surface area contributed by atoms with Crippen LogP contribution in [-0.4, -0.2) is 12.3 Å². The van der Waals surface area contributed by atoms with Crippen LogP contribution in [-0.2, 0) is 0 Å². The summed E-state index contributed by atoms with van der Waals surface area (Å²) in [5.41, 5.74) is 6.31. The van der Waals surface area contributed by atoms with Crippen LogP contribution in [0.5, 0.6) is 0 Å². The highest BCUT2D eigenvalue weighted by molar-refractivity contribution is 7.17. The molecule has 0 aliphatic heterocycles. The van der Waals surface area contributed by atoms with E-state index in [1.807, 2.05) is 17.5 Å². The Labute approximate surface area is 105 Å². The minimum absolute atomic E-state index is 0.259. The van der Waals surface area contributed by atoms with Crippen LogP contribution in [0.2, 0.25) is 0 Å². The molecule has 0 aliphatic carbocycles. The van der Waals surface area contributed by atoms with E-state index < -0.39 is 0 Å². The molecule has 2 rings (SSSR count). The molecule has 2 N–H and O–H groups in total. The molecule has 0 atom stereocenters. The summed E-state index contributed by atoms with van der Waals surface area (Å²) >= 11 is 1.65. The van der Waals surface area contributed by atoms with Gasteiger partial charge in [0.15, 0.2) is 5.78 Å². The van der Waals surface area contributed by atoms with Crippen molar-refractivity contribution in [3.8, 4) is 0 Å². The zero-order chi connectivity index (χ0) is 12.1. The van der Waals surface area contributed by atoms with Gasteiger partial charge in [0.1, 0.15) is 0 Å². The molecule has 0 spiro atoms. The van der Waals surface area contributed by atoms with E-state index >= 15 is 0 Å². The maximum atomic E-state index is 12.1. The Morgan fingerprint density at radius 2 is 2.06 bits per heavy atom. The van der Waals surface area contributed by atoms with Crippen LogP contribution in [0, 0.1) is 0 Å². The fraction of sp³-hybridized carbons (Fsp3) is 0.357. The molecule has 1 aromatic heterocycles. The predicted molar refractivity (Wildman–Crippen MR) is 73.7 cm³/mol. The molecular weight excluding hydrogens is 230 g/mol. The quantitative estimate of drug-likeness (QED) is 0.626. The molecule has 1 heterocycles. The van der Waals surface area contributed by atoms with Crippen molar-refractivity contribution in [2.24, 2.45) is 5.73 Å². The molecule has 90 valence electrons. The predicted octanol–water partition coefficient (Wildman–Crippen LogP) is 3.60. The molecule has 2 nitrogen and oxygen atoms in total. The normalized spacial score (nSPS) is 10.9. The number of carbonyl (C=O) groups excluding carboxylic acids is 1. The average Bonchev–Trinajstić information content (AvgIpc) is 2.82. The molecule has 0 amide bonds. The molecule has 2 aromatic rings. The van der Waals surface area contributed by atoms with Gasteiger partial charge in [0.25, 0.3) is 0 Å². The molecular formula is C14H17NOS. The largest absolute Gasteiger partial charge is 0.330 e. The van der Waals surface area contributed by atoms with E-state index in [4.69, 9.17) is 5.73 Å². The molecule has 0 radical (unpaired) electrons. The Bertz CT molecular complexity index is 504. The highest BCUT2D eigenvalue weighted by atomic mass is 32.1. The monoisotopic (exact) mass is 247 g/mol. The first-order valence-electron chi connectivity index (χ1n) is 6.02. The third kappa shape index (κ3) is 2.93. The van der Waals surface area contributed by atoms with Crippen molar-refractivity contribution < 1.29 is 4.79 Å². The lowest BCUT2D eigenvalue weighted by atomic mass is 10.0. The van der Waals surface area contributed by atoms with E-state index in [1.165, 1.54) is 5.39 Å². The zero-order valence-electron chi connectivity index (χ0n) is 9.82. The van der Waals surface area contributed by atoms with Gasteiger partial charge in [-0.2, -0.15) is 0 Å². The first kappa shape index (κ1) is 12.3. The lowest BCUT2D eigenvalue weighted by molar-refractivity contribution is 0.0981. The summed E-state index contributed by atoms with van der Waals surface area (Å²) in [7, 11) is 0. The molecule has 0 unspecified atom stereocenters. The Hall–Kier alpha value is -1.19. The standard InChI is InChI=1S/C14H17NOS/c15-9-3-1-2-7-13(16)12-6-4-5-11-8-10-17-14(11)12/h4-6,8,10H,1-3,7,9,15H2. The van der Waals surface area contributed by atoms with Crippen molar-refractivity contribution in [3.05, 3.63) is 35.2 Å². The van der Waals surface area contributed by atoms with E-state index in [1.54, 1.807) is 11.3 Å². The van der Waals surface area contributed by atoms with Crippen LogP contribution in [0.15, 0.2) is 29.6 Å². The second-order valence-electron chi connectivity index (χ2n) is 4.17. The molecule has 17 heavy (non-hydrogen) atoms. The van der Waals surface area contributed by atoms with E-state index in [0.29, 0.717) is 13.0 Å². The highest BCUT2D eigenvalue weighted by Crippen LogP contribution is 2.26. The lowest BCUT2D eigenvalue weighted by Crippen LogP contribution is -2.01. The van der Waals surface area contributed by atoms with Crippen molar-refractivity contribution >= 4 is 27.2 Å². The number of rotatable bonds is 6. The second-order valence-corrected chi connectivity index (χ2v) is 5.08. The van der Waals surface area contributed by atoms with Gasteiger partial charge in [0.05, 0.1) is 0 Å². The van der Waals surface area contributed by atoms with E-state index in [9.17, 15) is 4.79 Å². The second kappa shape index (κ2) is 5.94. The number of nitrogens with two attached hydrogens (primary N) is 1. The minimum Gasteiger partial charge on any atom is -0.330 e. The average molecular weight is 247 g/mol. The smallest absolute Gasteiger partial charge is 0.164 e. The number of ketones is 1. The van der Waals surface area contributed by atoms with Crippen LogP contribution in [0.3, 0.4) is 0 Å². The van der Waals surface area contributed by atoms with Gasteiger partial charge in [-0.1, -0.05) is 18.6 Å². The maximum absolute atomic E-state index is 12.1. The third-order valence-electron chi connectivity index (χ3n) is 2.89. The minimum atomic E-state index is 0.259. The molecule has 0 aliphatic rings. The Kier molecular flexibility index (Phi) is 4.29. The number of carbonyl (C=O) groups is 1. The van der Waals surface area contributed by atoms with E-state index in [-0.39, 0.29) is 5.78 Å². The first-order chi connectivity index (χ1) is 8.33. The summed E-state index contributed by atoms with van der Waals surface area (Å²) in [5, 5.41) is 3.21. The third-order valence-corrected chi connectivity index (χ3v) is 3.85. The number of fused-ring (bicyclic) bond motifs is 1. The van der Waals surface area contributed by atoms with Gasteiger partial charge >= 0.3 is 0 Å². The number of hydrogen-bond donors (Lipinski definition) is 1. The number of Topliss-reactive ketones (excluding diaryl/α,β-unsaturated/α-hetero) is 1. The van der Waals surface area contributed by atoms with E-state index in [0.717, 1.165) is 29.5 Å². The van der Waals surface area contributed by atoms with Crippen LogP contribution >= 0.6 is 11.3 Å². The Morgan fingerprint density at radius 3 is 2.88 bits per heavy atom. The number of hydrogen-bond acceptors (Lipinski definition) is 3. The zero-order valence-corrected chi connectivity index (χ0v) is 10.6. The summed E-state index contributed by atoms with van der Waals surface area (Å²) in [6.45, 7) is 0.717. The Balaban J connectivity index is 2.06. The fourth-order valence-electron chi connectivity index (χ4n) is 1.95. The number of benzene rings is 1. The van der Waals surface area contributed by atoms with Crippen LogP contribution in [0.4, 0.5) is 0 Å². The van der Waals surface area contributed by atoms with Crippen molar-refractivity contribution in [3.63, 3.8) is 0 Å². The summed E-state index contributed by atoms with van der Waals surface area (Å²) < 4.78 is 1.12. The van der Waals surface area contributed by atoms with Gasteiger partial charge in [-0.15, -0.1) is 11.3 Å². The molecule has 1 aromatic carbocycles. The van der Waals surface area contributed by atoms with Crippen molar-refractivity contribution in [1.29, 1.82) is 0 Å². The van der Waals surface area contributed by atoms with Crippen molar-refractivity contribution in [1.82, 2.24) is 0 Å². The van der Waals surface area contributed by atoms with Gasteiger partial charge < -0.3 is 5.73 Å². The van der Waals surface area contributed by atoms with Crippen molar-refractivity contribution in [2.45, 2.75) is 25.7 Å². The van der Waals surface area contributed by atoms with Gasteiger partial charge in [-0.3, -0.25) is 4.79 Å². The number of thiophene rings is 1. The molecule has 0 fully saturated rings. The molecule has 0 bridgehead atoms. The fourth-order valence-corrected chi connectivity index (χ4v) is 2.89. The number of unbranched alkanes of at least 4 members (excludes halogenated alkanes) is 2. The summed E-state index contributed by atoms with van der Waals surface area (Å²) in [6, 6.07) is 8.01. The van der Waals surface area contributed by atoms with Gasteiger partial charge in [0, 0.05) is 16.7 Å². The topological polar surface area (TPSA) is 43.1 Å². The summed E-state index contributed by atoms with van der Waals surface area (Å²) in [5.74, 6) is 0.259. The van der Waals surface area contributed by atoms with E-state index in [2.05, 4.69) is 12.1 Å². The molecule has 0 saturated heterocycles. The Morgan fingerprint density at radius 1 is 1.18 bits per heavy atom. The van der Waals surface area contributed by atoms with Gasteiger partial charge in [0.2, 0.25) is 0 Å². The highest BCUT2D eigenvalue weighted by Gasteiger charge is 2.10. The molecule has 0 saturated carbocycles. The van der Waals surface area contributed by atoms with Crippen molar-refractivity contribution in [2.75, 3.05) is 6.54 Å². The molecule has 3 heteroatoms. The SMILES string of the molecule is NCCCCCC(=O)c1cccc2ccsc12. The lowest BCUT2D eigenvalue weighted by Gasteiger charge is -2.02. The van der Waals surface area contributed by atoms with Crippen LogP contribution < -0.4 is 5.73 Å². The maximum Gasteiger partial charge on any atom is 0.164 e. The first-order valence-corrected chi connectivity index (χ1v) is 6.90.